The third kappa shape index (κ3) is 3.83. The summed E-state index contributed by atoms with van der Waals surface area (Å²) in [5.41, 5.74) is 1.61. The van der Waals surface area contributed by atoms with Crippen LogP contribution < -0.4 is 5.06 Å². The minimum Gasteiger partial charge on any atom is -0.505 e. The molecule has 30 heavy (non-hydrogen) atoms. The summed E-state index contributed by atoms with van der Waals surface area (Å²) in [7, 11) is 4.81. The largest absolute Gasteiger partial charge is 0.505 e. The Morgan fingerprint density at radius 2 is 1.87 bits per heavy atom. The quantitative estimate of drug-likeness (QED) is 0.465. The lowest BCUT2D eigenvalue weighted by Crippen LogP contribution is -2.24. The van der Waals surface area contributed by atoms with Crippen molar-refractivity contribution in [2.75, 3.05) is 26.3 Å². The SMILES string of the molecule is CON(C)c1c(CN(C)Cc2c(F)ccc(C)c2F)c(C=O)c(O)c2ncccc12. The first-order valence-electron chi connectivity index (χ1n) is 9.27. The summed E-state index contributed by atoms with van der Waals surface area (Å²) in [6, 6.07) is 6.08. The molecular formula is C22H23F2N3O3. The highest BCUT2D eigenvalue weighted by Gasteiger charge is 2.24. The van der Waals surface area contributed by atoms with Gasteiger partial charge < -0.3 is 5.11 Å². The van der Waals surface area contributed by atoms with Crippen LogP contribution in [0, 0.1) is 18.6 Å². The molecule has 8 heteroatoms. The molecule has 1 N–H and O–H groups in total. The molecule has 2 aromatic carbocycles. The molecule has 3 aromatic rings. The smallest absolute Gasteiger partial charge is 0.154 e. The van der Waals surface area contributed by atoms with E-state index in [1.165, 1.54) is 30.5 Å². The Labute approximate surface area is 173 Å². The first-order chi connectivity index (χ1) is 14.3. The molecule has 3 rings (SSSR count). The van der Waals surface area contributed by atoms with Crippen molar-refractivity contribution < 1.29 is 23.5 Å². The lowest BCUT2D eigenvalue weighted by Gasteiger charge is -2.26. The van der Waals surface area contributed by atoms with Crippen LogP contribution >= 0.6 is 0 Å². The zero-order valence-electron chi connectivity index (χ0n) is 17.2. The van der Waals surface area contributed by atoms with E-state index in [2.05, 4.69) is 4.98 Å². The number of aromatic nitrogens is 1. The summed E-state index contributed by atoms with van der Waals surface area (Å²) in [6.45, 7) is 1.67. The summed E-state index contributed by atoms with van der Waals surface area (Å²) in [4.78, 5) is 23.1. The van der Waals surface area contributed by atoms with Gasteiger partial charge in [-0.05, 0) is 37.7 Å². The van der Waals surface area contributed by atoms with E-state index in [4.69, 9.17) is 4.84 Å². The lowest BCUT2D eigenvalue weighted by molar-refractivity contribution is 0.111. The van der Waals surface area contributed by atoms with E-state index < -0.39 is 11.6 Å². The number of hydrogen-bond acceptors (Lipinski definition) is 6. The summed E-state index contributed by atoms with van der Waals surface area (Å²) in [5.74, 6) is -1.48. The molecule has 1 aromatic heterocycles. The molecule has 6 nitrogen and oxygen atoms in total. The number of aryl methyl sites for hydroxylation is 1. The average molecular weight is 415 g/mol. The molecule has 0 unspecified atom stereocenters. The summed E-state index contributed by atoms with van der Waals surface area (Å²) >= 11 is 0. The number of phenolic OH excluding ortho intramolecular Hbond substituents is 1. The molecule has 1 heterocycles. The maximum Gasteiger partial charge on any atom is 0.154 e. The van der Waals surface area contributed by atoms with Gasteiger partial charge in [-0.15, -0.1) is 0 Å². The van der Waals surface area contributed by atoms with Gasteiger partial charge >= 0.3 is 0 Å². The Morgan fingerprint density at radius 3 is 2.53 bits per heavy atom. The summed E-state index contributed by atoms with van der Waals surface area (Å²) < 4.78 is 28.7. The van der Waals surface area contributed by atoms with Gasteiger partial charge in [0.05, 0.1) is 18.4 Å². The van der Waals surface area contributed by atoms with Gasteiger partial charge in [0.25, 0.3) is 0 Å². The Bertz CT molecular complexity index is 1100. The molecule has 0 saturated carbocycles. The van der Waals surface area contributed by atoms with Crippen molar-refractivity contribution in [3.8, 4) is 5.75 Å². The minimum atomic E-state index is -0.639. The fourth-order valence-corrected chi connectivity index (χ4v) is 3.54. The molecule has 0 atom stereocenters. The number of aldehydes is 1. The van der Waals surface area contributed by atoms with E-state index in [1.807, 2.05) is 0 Å². The number of anilines is 1. The first-order valence-corrected chi connectivity index (χ1v) is 9.27. The van der Waals surface area contributed by atoms with Crippen LogP contribution in [-0.2, 0) is 17.9 Å². The number of pyridine rings is 1. The van der Waals surface area contributed by atoms with E-state index in [0.717, 1.165) is 0 Å². The van der Waals surface area contributed by atoms with Crippen molar-refractivity contribution in [1.82, 2.24) is 9.88 Å². The van der Waals surface area contributed by atoms with E-state index in [0.29, 0.717) is 28.5 Å². The number of nitrogens with zero attached hydrogens (tertiary/aromatic N) is 3. The molecule has 0 radical (unpaired) electrons. The predicted molar refractivity (Wildman–Crippen MR) is 110 cm³/mol. The second-order valence-corrected chi connectivity index (χ2v) is 7.12. The van der Waals surface area contributed by atoms with E-state index in [-0.39, 0.29) is 35.5 Å². The lowest BCUT2D eigenvalue weighted by atomic mass is 9.99. The van der Waals surface area contributed by atoms with Gasteiger partial charge in [0.1, 0.15) is 17.2 Å². The molecule has 0 aliphatic rings. The summed E-state index contributed by atoms with van der Waals surface area (Å²) in [6.07, 6.45) is 2.07. The average Bonchev–Trinajstić information content (AvgIpc) is 2.74. The minimum absolute atomic E-state index is 0.0282. The normalized spacial score (nSPS) is 11.3. The molecule has 0 spiro atoms. The Balaban J connectivity index is 2.11. The van der Waals surface area contributed by atoms with Gasteiger partial charge in [-0.1, -0.05) is 6.07 Å². The van der Waals surface area contributed by atoms with Gasteiger partial charge in [0, 0.05) is 42.8 Å². The van der Waals surface area contributed by atoms with Crippen molar-refractivity contribution in [2.45, 2.75) is 20.0 Å². The summed E-state index contributed by atoms with van der Waals surface area (Å²) in [5, 5.41) is 12.7. The van der Waals surface area contributed by atoms with E-state index >= 15 is 0 Å². The van der Waals surface area contributed by atoms with Crippen LogP contribution in [-0.4, -0.2) is 42.5 Å². The predicted octanol–water partition coefficient (Wildman–Crippen LogP) is 3.97. The van der Waals surface area contributed by atoms with Crippen LogP contribution in [0.1, 0.15) is 27.0 Å². The Hall–Kier alpha value is -3.10. The van der Waals surface area contributed by atoms with Crippen molar-refractivity contribution in [3.63, 3.8) is 0 Å². The fraction of sp³-hybridized carbons (Fsp3) is 0.273. The highest BCUT2D eigenvalue weighted by Crippen LogP contribution is 2.39. The highest BCUT2D eigenvalue weighted by atomic mass is 19.1. The van der Waals surface area contributed by atoms with Gasteiger partial charge in [-0.2, -0.15) is 0 Å². The second-order valence-electron chi connectivity index (χ2n) is 7.12. The maximum absolute atomic E-state index is 14.4. The molecule has 0 fully saturated rings. The number of halogens is 2. The number of phenols is 1. The number of benzene rings is 2. The Kier molecular flexibility index (Phi) is 6.28. The van der Waals surface area contributed by atoms with Gasteiger partial charge in [-0.3, -0.25) is 24.6 Å². The number of aromatic hydroxyl groups is 1. The van der Waals surface area contributed by atoms with Crippen molar-refractivity contribution in [1.29, 1.82) is 0 Å². The van der Waals surface area contributed by atoms with Crippen LogP contribution in [0.5, 0.6) is 5.75 Å². The molecule has 158 valence electrons. The number of rotatable bonds is 7. The number of hydrogen-bond donors (Lipinski definition) is 1. The van der Waals surface area contributed by atoms with E-state index in [9.17, 15) is 18.7 Å². The van der Waals surface area contributed by atoms with Crippen LogP contribution in [0.25, 0.3) is 10.9 Å². The molecule has 0 saturated heterocycles. The second kappa shape index (κ2) is 8.73. The standard InChI is InChI=1S/C22H23F2N3O3/c1-13-7-8-18(23)16(19(13)24)11-26(2)10-15-17(12-28)22(29)20-14(6-5-9-25-20)21(15)27(3)30-4/h5-9,12,29H,10-11H2,1-4H3. The molecular weight excluding hydrogens is 392 g/mol. The zero-order chi connectivity index (χ0) is 22.0. The van der Waals surface area contributed by atoms with Gasteiger partial charge in [0.2, 0.25) is 0 Å². The zero-order valence-corrected chi connectivity index (χ0v) is 17.2. The molecule has 0 aliphatic carbocycles. The highest BCUT2D eigenvalue weighted by molar-refractivity contribution is 6.03. The van der Waals surface area contributed by atoms with Crippen molar-refractivity contribution in [3.05, 3.63) is 64.4 Å². The molecule has 0 bridgehead atoms. The number of hydroxylamine groups is 1. The number of carbonyl (C=O) groups excluding carboxylic acids is 1. The van der Waals surface area contributed by atoms with Crippen LogP contribution in [0.15, 0.2) is 30.5 Å². The molecule has 0 aliphatic heterocycles. The van der Waals surface area contributed by atoms with Crippen LogP contribution in [0.4, 0.5) is 14.5 Å². The Morgan fingerprint density at radius 1 is 1.17 bits per heavy atom. The third-order valence-corrected chi connectivity index (χ3v) is 5.10. The maximum atomic E-state index is 14.4. The number of fused-ring (bicyclic) bond motifs is 1. The first kappa shape index (κ1) is 21.6. The number of carbonyl (C=O) groups is 1. The fourth-order valence-electron chi connectivity index (χ4n) is 3.54. The third-order valence-electron chi connectivity index (χ3n) is 5.10. The molecule has 0 amide bonds. The monoisotopic (exact) mass is 415 g/mol. The van der Waals surface area contributed by atoms with Crippen LogP contribution in [0.2, 0.25) is 0 Å². The van der Waals surface area contributed by atoms with E-state index in [1.54, 1.807) is 38.1 Å². The van der Waals surface area contributed by atoms with Crippen LogP contribution in [0.3, 0.4) is 0 Å². The van der Waals surface area contributed by atoms with Gasteiger partial charge in [-0.25, -0.2) is 8.78 Å². The van der Waals surface area contributed by atoms with Crippen molar-refractivity contribution >= 4 is 22.9 Å². The van der Waals surface area contributed by atoms with Gasteiger partial charge in [0.15, 0.2) is 12.0 Å². The van der Waals surface area contributed by atoms with Crippen molar-refractivity contribution in [2.24, 2.45) is 0 Å². The topological polar surface area (TPSA) is 65.9 Å².